The van der Waals surface area contributed by atoms with E-state index >= 15 is 0 Å². The van der Waals surface area contributed by atoms with Crippen molar-refractivity contribution in [2.24, 2.45) is 0 Å². The summed E-state index contributed by atoms with van der Waals surface area (Å²) < 4.78 is 6.92. The van der Waals surface area contributed by atoms with Gasteiger partial charge in [0.15, 0.2) is 5.76 Å². The van der Waals surface area contributed by atoms with Gasteiger partial charge >= 0.3 is 0 Å². The maximum Gasteiger partial charge on any atom is 0.154 e. The quantitative estimate of drug-likeness (QED) is 0.441. The molecule has 0 unspecified atom stereocenters. The van der Waals surface area contributed by atoms with Crippen LogP contribution in [0, 0.1) is 0 Å². The van der Waals surface area contributed by atoms with Gasteiger partial charge in [0.25, 0.3) is 0 Å². The molecule has 0 radical (unpaired) electrons. The van der Waals surface area contributed by atoms with Crippen molar-refractivity contribution in [1.29, 1.82) is 0 Å². The van der Waals surface area contributed by atoms with Crippen molar-refractivity contribution in [3.8, 4) is 22.0 Å². The lowest BCUT2D eigenvalue weighted by Gasteiger charge is -1.96. The van der Waals surface area contributed by atoms with Crippen molar-refractivity contribution < 1.29 is 4.42 Å². The summed E-state index contributed by atoms with van der Waals surface area (Å²) in [6.45, 7) is 0. The van der Waals surface area contributed by atoms with E-state index < -0.39 is 0 Å². The maximum absolute atomic E-state index is 5.86. The molecule has 0 N–H and O–H groups in total. The first kappa shape index (κ1) is 12.8. The lowest BCUT2D eigenvalue weighted by molar-refractivity contribution is 0.629. The largest absolute Gasteiger partial charge is 0.454 e. The summed E-state index contributed by atoms with van der Waals surface area (Å²) in [4.78, 5) is 4.69. The van der Waals surface area contributed by atoms with Gasteiger partial charge in [-0.25, -0.2) is 4.98 Å². The minimum Gasteiger partial charge on any atom is -0.454 e. The molecule has 0 aliphatic heterocycles. The van der Waals surface area contributed by atoms with Crippen molar-refractivity contribution in [2.45, 2.75) is 0 Å². The molecule has 0 fully saturated rings. The van der Waals surface area contributed by atoms with E-state index in [-0.39, 0.29) is 0 Å². The molecule has 102 valence electrons. The van der Waals surface area contributed by atoms with Gasteiger partial charge in [0, 0.05) is 20.8 Å². The third-order valence-electron chi connectivity index (χ3n) is 3.25. The molecule has 0 bridgehead atoms. The van der Waals surface area contributed by atoms with Gasteiger partial charge in [0.1, 0.15) is 16.3 Å². The molecule has 0 spiro atoms. The van der Waals surface area contributed by atoms with E-state index in [0.29, 0.717) is 0 Å². The van der Waals surface area contributed by atoms with Gasteiger partial charge in [-0.2, -0.15) is 0 Å². The number of hydrogen-bond donors (Lipinski definition) is 0. The molecule has 0 aliphatic rings. The molecule has 2 aromatic carbocycles. The number of aromatic nitrogens is 1. The molecule has 4 heteroatoms. The molecule has 2 heterocycles. The summed E-state index contributed by atoms with van der Waals surface area (Å²) in [5, 5.41) is 4.13. The van der Waals surface area contributed by atoms with Gasteiger partial charge in [0.05, 0.1) is 0 Å². The highest BCUT2D eigenvalue weighted by Gasteiger charge is 2.11. The van der Waals surface area contributed by atoms with Gasteiger partial charge in [-0.1, -0.05) is 46.3 Å². The Labute approximate surface area is 134 Å². The number of rotatable bonds is 2. The van der Waals surface area contributed by atoms with E-state index in [1.807, 2.05) is 47.8 Å². The van der Waals surface area contributed by atoms with Crippen LogP contribution in [0.5, 0.6) is 0 Å². The Bertz CT molecular complexity index is 892. The fraction of sp³-hybridized carbons (Fsp3) is 0. The lowest BCUT2D eigenvalue weighted by Crippen LogP contribution is -1.77. The van der Waals surface area contributed by atoms with Crippen LogP contribution in [0.3, 0.4) is 0 Å². The van der Waals surface area contributed by atoms with Crippen LogP contribution in [0.2, 0.25) is 0 Å². The second-order valence-electron chi connectivity index (χ2n) is 4.70. The number of nitrogens with zero attached hydrogens (tertiary/aromatic N) is 1. The normalized spacial score (nSPS) is 11.1. The Balaban J connectivity index is 1.77. The molecule has 2 nitrogen and oxygen atoms in total. The van der Waals surface area contributed by atoms with Gasteiger partial charge in [-0.05, 0) is 24.3 Å². The van der Waals surface area contributed by atoms with Crippen molar-refractivity contribution in [2.75, 3.05) is 0 Å². The maximum atomic E-state index is 5.86. The van der Waals surface area contributed by atoms with Crippen LogP contribution in [0.4, 0.5) is 0 Å². The standard InChI is InChI=1S/C17H10BrNOS/c18-13-6-3-5-12(8-13)17-19-14(10-21-17)16-9-11-4-1-2-7-15(11)20-16/h1-10H. The van der Waals surface area contributed by atoms with Crippen molar-refractivity contribution >= 4 is 38.2 Å². The summed E-state index contributed by atoms with van der Waals surface area (Å²) in [5.41, 5.74) is 2.88. The predicted octanol–water partition coefficient (Wildman–Crippen LogP) is 5.99. The molecule has 4 rings (SSSR count). The highest BCUT2D eigenvalue weighted by Crippen LogP contribution is 2.32. The number of furan rings is 1. The van der Waals surface area contributed by atoms with Crippen molar-refractivity contribution in [3.05, 3.63) is 64.5 Å². The zero-order valence-electron chi connectivity index (χ0n) is 10.9. The number of benzene rings is 2. The number of para-hydroxylation sites is 1. The first-order valence-electron chi connectivity index (χ1n) is 6.50. The van der Waals surface area contributed by atoms with E-state index in [1.165, 1.54) is 0 Å². The van der Waals surface area contributed by atoms with E-state index in [9.17, 15) is 0 Å². The van der Waals surface area contributed by atoms with Gasteiger partial charge in [-0.3, -0.25) is 0 Å². The smallest absolute Gasteiger partial charge is 0.154 e. The van der Waals surface area contributed by atoms with Crippen LogP contribution in [0.1, 0.15) is 0 Å². The third kappa shape index (κ3) is 2.41. The molecule has 0 saturated heterocycles. The number of fused-ring (bicyclic) bond motifs is 1. The Kier molecular flexibility index (Phi) is 3.13. The molecule has 0 aliphatic carbocycles. The minimum absolute atomic E-state index is 0.814. The molecule has 0 saturated carbocycles. The summed E-state index contributed by atoms with van der Waals surface area (Å²) in [6.07, 6.45) is 0. The molecule has 21 heavy (non-hydrogen) atoms. The SMILES string of the molecule is Brc1cccc(-c2nc(-c3cc4ccccc4o3)cs2)c1. The van der Waals surface area contributed by atoms with Gasteiger partial charge in [-0.15, -0.1) is 11.3 Å². The molecule has 0 amide bonds. The molecule has 0 atom stereocenters. The third-order valence-corrected chi connectivity index (χ3v) is 4.64. The average molecular weight is 356 g/mol. The van der Waals surface area contributed by atoms with Crippen LogP contribution < -0.4 is 0 Å². The lowest BCUT2D eigenvalue weighted by atomic mass is 10.2. The topological polar surface area (TPSA) is 26.0 Å². The fourth-order valence-electron chi connectivity index (χ4n) is 2.25. The number of halogens is 1. The molecule has 2 aromatic heterocycles. The zero-order chi connectivity index (χ0) is 14.2. The number of thiazole rings is 1. The van der Waals surface area contributed by atoms with Crippen LogP contribution in [-0.4, -0.2) is 4.98 Å². The van der Waals surface area contributed by atoms with Crippen LogP contribution in [0.15, 0.2) is 68.9 Å². The van der Waals surface area contributed by atoms with Crippen molar-refractivity contribution in [3.63, 3.8) is 0 Å². The molecular weight excluding hydrogens is 346 g/mol. The fourth-order valence-corrected chi connectivity index (χ4v) is 3.45. The van der Waals surface area contributed by atoms with Gasteiger partial charge in [0.2, 0.25) is 0 Å². The summed E-state index contributed by atoms with van der Waals surface area (Å²) in [7, 11) is 0. The van der Waals surface area contributed by atoms with E-state index in [1.54, 1.807) is 11.3 Å². The van der Waals surface area contributed by atoms with Crippen LogP contribution in [-0.2, 0) is 0 Å². The Hall–Kier alpha value is -1.91. The Morgan fingerprint density at radius 3 is 2.76 bits per heavy atom. The molecule has 4 aromatic rings. The van der Waals surface area contributed by atoms with Crippen LogP contribution in [0.25, 0.3) is 33.0 Å². The van der Waals surface area contributed by atoms with E-state index in [0.717, 1.165) is 37.5 Å². The highest BCUT2D eigenvalue weighted by molar-refractivity contribution is 9.10. The van der Waals surface area contributed by atoms with Crippen LogP contribution >= 0.6 is 27.3 Å². The Morgan fingerprint density at radius 2 is 1.90 bits per heavy atom. The first-order chi connectivity index (χ1) is 10.3. The predicted molar refractivity (Wildman–Crippen MR) is 90.5 cm³/mol. The Morgan fingerprint density at radius 1 is 1.00 bits per heavy atom. The average Bonchev–Trinajstić information content (AvgIpc) is 3.14. The van der Waals surface area contributed by atoms with E-state index in [2.05, 4.69) is 28.1 Å². The summed E-state index contributed by atoms with van der Waals surface area (Å²) >= 11 is 5.12. The zero-order valence-corrected chi connectivity index (χ0v) is 13.3. The number of hydrogen-bond acceptors (Lipinski definition) is 3. The summed E-state index contributed by atoms with van der Waals surface area (Å²) in [6, 6.07) is 18.2. The minimum atomic E-state index is 0.814. The second-order valence-corrected chi connectivity index (χ2v) is 6.47. The van der Waals surface area contributed by atoms with Crippen molar-refractivity contribution in [1.82, 2.24) is 4.98 Å². The first-order valence-corrected chi connectivity index (χ1v) is 8.17. The summed E-state index contributed by atoms with van der Waals surface area (Å²) in [5.74, 6) is 0.814. The van der Waals surface area contributed by atoms with Gasteiger partial charge < -0.3 is 4.42 Å². The molecular formula is C17H10BrNOS. The van der Waals surface area contributed by atoms with E-state index in [4.69, 9.17) is 9.40 Å². The second kappa shape index (κ2) is 5.13. The highest BCUT2D eigenvalue weighted by atomic mass is 79.9. The monoisotopic (exact) mass is 355 g/mol.